The van der Waals surface area contributed by atoms with Crippen molar-refractivity contribution in [2.24, 2.45) is 0 Å². The number of rotatable bonds is 2. The third kappa shape index (κ3) is 2.97. The molecule has 1 aromatic rings. The molecule has 1 aromatic carbocycles. The van der Waals surface area contributed by atoms with Crippen molar-refractivity contribution in [3.05, 3.63) is 28.8 Å². The molecule has 0 amide bonds. The van der Waals surface area contributed by atoms with E-state index in [1.54, 1.807) is 5.56 Å². The van der Waals surface area contributed by atoms with Crippen molar-refractivity contribution in [1.82, 2.24) is 4.90 Å². The van der Waals surface area contributed by atoms with Crippen LogP contribution in [0.4, 0.5) is 0 Å². The number of fused-ring (bicyclic) bond motifs is 1. The smallest absolute Gasteiger partial charge is 0.399 e. The molecule has 0 unspecified atom stereocenters. The van der Waals surface area contributed by atoms with Gasteiger partial charge >= 0.3 is 7.12 Å². The Morgan fingerprint density at radius 3 is 2.26 bits per heavy atom. The van der Waals surface area contributed by atoms with Crippen LogP contribution in [-0.2, 0) is 22.3 Å². The van der Waals surface area contributed by atoms with Crippen LogP contribution in [0.3, 0.4) is 0 Å². The normalized spacial score (nSPS) is 23.4. The fourth-order valence-electron chi connectivity index (χ4n) is 3.53. The van der Waals surface area contributed by atoms with E-state index in [2.05, 4.69) is 65.6 Å². The van der Waals surface area contributed by atoms with Crippen LogP contribution in [0.2, 0.25) is 0 Å². The van der Waals surface area contributed by atoms with E-state index in [-0.39, 0.29) is 18.3 Å². The summed E-state index contributed by atoms with van der Waals surface area (Å²) in [5.41, 5.74) is 5.03. The van der Waals surface area contributed by atoms with Gasteiger partial charge in [-0.1, -0.05) is 26.0 Å². The zero-order valence-corrected chi connectivity index (χ0v) is 15.7. The molecule has 2 aliphatic rings. The van der Waals surface area contributed by atoms with Gasteiger partial charge in [-0.2, -0.15) is 0 Å². The van der Waals surface area contributed by atoms with E-state index in [4.69, 9.17) is 9.31 Å². The lowest BCUT2D eigenvalue weighted by Crippen LogP contribution is -2.41. The molecule has 2 heterocycles. The zero-order chi connectivity index (χ0) is 17.0. The molecule has 0 spiro atoms. The monoisotopic (exact) mass is 315 g/mol. The van der Waals surface area contributed by atoms with Crippen molar-refractivity contribution >= 4 is 12.6 Å². The van der Waals surface area contributed by atoms with E-state index in [1.807, 2.05) is 0 Å². The summed E-state index contributed by atoms with van der Waals surface area (Å²) >= 11 is 0. The number of likely N-dealkylation sites (N-methyl/N-ethyl adjacent to an activating group) is 1. The molecule has 23 heavy (non-hydrogen) atoms. The van der Waals surface area contributed by atoms with Gasteiger partial charge in [-0.3, -0.25) is 0 Å². The molecule has 3 nitrogen and oxygen atoms in total. The third-order valence-corrected chi connectivity index (χ3v) is 5.73. The number of hydrogen-bond donors (Lipinski definition) is 0. The predicted octanol–water partition coefficient (Wildman–Crippen LogP) is 3.10. The van der Waals surface area contributed by atoms with Crippen LogP contribution in [0.25, 0.3) is 0 Å². The van der Waals surface area contributed by atoms with Crippen LogP contribution in [0.15, 0.2) is 12.1 Å². The topological polar surface area (TPSA) is 21.7 Å². The first-order valence-electron chi connectivity index (χ1n) is 8.80. The summed E-state index contributed by atoms with van der Waals surface area (Å²) in [7, 11) is 1.93. The Bertz CT molecular complexity index is 594. The van der Waals surface area contributed by atoms with Crippen LogP contribution >= 0.6 is 0 Å². The second-order valence-corrected chi connectivity index (χ2v) is 8.48. The van der Waals surface area contributed by atoms with Gasteiger partial charge in [0, 0.05) is 13.1 Å². The van der Waals surface area contributed by atoms with E-state index in [0.29, 0.717) is 5.92 Å². The van der Waals surface area contributed by atoms with Crippen molar-refractivity contribution in [2.75, 3.05) is 13.6 Å². The van der Waals surface area contributed by atoms with Crippen molar-refractivity contribution < 1.29 is 9.31 Å². The van der Waals surface area contributed by atoms with Gasteiger partial charge in [0.2, 0.25) is 0 Å². The third-order valence-electron chi connectivity index (χ3n) is 5.73. The Balaban J connectivity index is 2.01. The lowest BCUT2D eigenvalue weighted by Gasteiger charge is -2.32. The van der Waals surface area contributed by atoms with Gasteiger partial charge in [-0.25, -0.2) is 0 Å². The lowest BCUT2D eigenvalue weighted by molar-refractivity contribution is 0.00578. The Morgan fingerprint density at radius 2 is 1.70 bits per heavy atom. The first kappa shape index (κ1) is 17.0. The summed E-state index contributed by atoms with van der Waals surface area (Å²) in [6, 6.07) is 4.62. The van der Waals surface area contributed by atoms with Crippen LogP contribution < -0.4 is 5.46 Å². The molecule has 0 atom stereocenters. The van der Waals surface area contributed by atoms with Crippen molar-refractivity contribution in [1.29, 1.82) is 0 Å². The van der Waals surface area contributed by atoms with Crippen molar-refractivity contribution in [3.8, 4) is 0 Å². The van der Waals surface area contributed by atoms with Gasteiger partial charge in [-0.05, 0) is 69.2 Å². The fourth-order valence-corrected chi connectivity index (χ4v) is 3.53. The summed E-state index contributed by atoms with van der Waals surface area (Å²) < 4.78 is 12.5. The second-order valence-electron chi connectivity index (χ2n) is 8.48. The molecule has 126 valence electrons. The van der Waals surface area contributed by atoms with Gasteiger partial charge in [-0.15, -0.1) is 0 Å². The highest BCUT2D eigenvalue weighted by atomic mass is 16.7. The maximum Gasteiger partial charge on any atom is 0.494 e. The van der Waals surface area contributed by atoms with E-state index < -0.39 is 0 Å². The van der Waals surface area contributed by atoms with Crippen LogP contribution in [0, 0.1) is 0 Å². The van der Waals surface area contributed by atoms with Gasteiger partial charge < -0.3 is 14.2 Å². The highest BCUT2D eigenvalue weighted by molar-refractivity contribution is 6.62. The number of nitrogens with zero attached hydrogens (tertiary/aromatic N) is 1. The van der Waals surface area contributed by atoms with Crippen LogP contribution in [0.1, 0.15) is 64.2 Å². The quantitative estimate of drug-likeness (QED) is 0.783. The Hall–Kier alpha value is -0.835. The van der Waals surface area contributed by atoms with E-state index in [0.717, 1.165) is 19.5 Å². The first-order valence-corrected chi connectivity index (χ1v) is 8.80. The molecule has 2 aliphatic heterocycles. The summed E-state index contributed by atoms with van der Waals surface area (Å²) in [5, 5.41) is 0. The Kier molecular flexibility index (Phi) is 4.15. The number of hydrogen-bond acceptors (Lipinski definition) is 3. The molecule has 3 rings (SSSR count). The summed E-state index contributed by atoms with van der Waals surface area (Å²) in [6.07, 6.45) is 1.14. The largest absolute Gasteiger partial charge is 0.494 e. The lowest BCUT2D eigenvalue weighted by atomic mass is 9.74. The van der Waals surface area contributed by atoms with Crippen molar-refractivity contribution in [3.63, 3.8) is 0 Å². The number of benzene rings is 1. The van der Waals surface area contributed by atoms with Gasteiger partial charge in [0.25, 0.3) is 0 Å². The average molecular weight is 315 g/mol. The minimum atomic E-state index is -0.289. The highest BCUT2D eigenvalue weighted by Crippen LogP contribution is 2.37. The zero-order valence-electron chi connectivity index (χ0n) is 15.7. The van der Waals surface area contributed by atoms with Crippen LogP contribution in [0.5, 0.6) is 0 Å². The van der Waals surface area contributed by atoms with E-state index in [1.165, 1.54) is 16.6 Å². The molecule has 0 aromatic heterocycles. The first-order chi connectivity index (χ1) is 10.6. The minimum Gasteiger partial charge on any atom is -0.399 e. The molecule has 1 fully saturated rings. The molecule has 0 aliphatic carbocycles. The molecule has 0 saturated carbocycles. The Labute approximate surface area is 141 Å². The second kappa shape index (κ2) is 5.61. The molecule has 4 heteroatoms. The molecular formula is C19H30BNO2. The van der Waals surface area contributed by atoms with E-state index in [9.17, 15) is 0 Å². The molecule has 0 radical (unpaired) electrons. The Morgan fingerprint density at radius 1 is 1.09 bits per heavy atom. The SMILES string of the molecule is CC(C)c1cc(B2OC(C)(C)C(C)(C)O2)cc2c1CCN(C)C2. The maximum atomic E-state index is 6.27. The fraction of sp³-hybridized carbons (Fsp3) is 0.684. The summed E-state index contributed by atoms with van der Waals surface area (Å²) in [5.74, 6) is 0.523. The van der Waals surface area contributed by atoms with Gasteiger partial charge in [0.15, 0.2) is 0 Å². The van der Waals surface area contributed by atoms with Crippen molar-refractivity contribution in [2.45, 2.75) is 71.6 Å². The van der Waals surface area contributed by atoms with Gasteiger partial charge in [0.1, 0.15) is 0 Å². The van der Waals surface area contributed by atoms with E-state index >= 15 is 0 Å². The highest BCUT2D eigenvalue weighted by Gasteiger charge is 2.51. The summed E-state index contributed by atoms with van der Waals surface area (Å²) in [6.45, 7) is 15.2. The molecule has 1 saturated heterocycles. The maximum absolute atomic E-state index is 6.27. The van der Waals surface area contributed by atoms with Gasteiger partial charge in [0.05, 0.1) is 11.2 Å². The minimum absolute atomic E-state index is 0.268. The molecule has 0 N–H and O–H groups in total. The average Bonchev–Trinajstić information content (AvgIpc) is 2.65. The summed E-state index contributed by atoms with van der Waals surface area (Å²) in [4.78, 5) is 2.39. The molecular weight excluding hydrogens is 285 g/mol. The van der Waals surface area contributed by atoms with Crippen LogP contribution in [-0.4, -0.2) is 36.8 Å². The molecule has 0 bridgehead atoms. The standard InChI is InChI=1S/C19H30BNO2/c1-13(2)17-11-15(10-14-12-21(7)9-8-16(14)17)20-22-18(3,4)19(5,6)23-20/h10-11,13H,8-9,12H2,1-7H3. The predicted molar refractivity (Wildman–Crippen MR) is 96.3 cm³/mol.